The number of halogens is 1. The minimum atomic E-state index is -0.263. The Hall–Kier alpha value is -1.22. The molecule has 0 N–H and O–H groups in total. The molecule has 0 spiro atoms. The number of carbonyl (C=O) groups is 1. The number of esters is 1. The summed E-state index contributed by atoms with van der Waals surface area (Å²) in [7, 11) is 1.60. The third-order valence-electron chi connectivity index (χ3n) is 1.85. The Morgan fingerprint density at radius 3 is 2.53 bits per heavy atom. The van der Waals surface area contributed by atoms with E-state index >= 15 is 0 Å². The smallest absolute Gasteiger partial charge is 0.310 e. The number of rotatable bonds is 5. The molecular formula is C11H13ClO3. The molecule has 0 atom stereocenters. The lowest BCUT2D eigenvalue weighted by Crippen LogP contribution is -2.09. The summed E-state index contributed by atoms with van der Waals surface area (Å²) in [6.45, 7) is 0.260. The molecule has 3 nitrogen and oxygen atoms in total. The number of alkyl halides is 1. The molecule has 0 unspecified atom stereocenters. The Morgan fingerprint density at radius 1 is 1.33 bits per heavy atom. The molecule has 0 bridgehead atoms. The summed E-state index contributed by atoms with van der Waals surface area (Å²) in [4.78, 5) is 11.2. The second-order valence-electron chi connectivity index (χ2n) is 2.93. The first-order valence-electron chi connectivity index (χ1n) is 4.61. The van der Waals surface area contributed by atoms with Crippen LogP contribution in [0.4, 0.5) is 0 Å². The van der Waals surface area contributed by atoms with Crippen molar-refractivity contribution in [2.45, 2.75) is 6.42 Å². The van der Waals surface area contributed by atoms with Gasteiger partial charge in [-0.05, 0) is 17.7 Å². The monoisotopic (exact) mass is 228 g/mol. The van der Waals surface area contributed by atoms with E-state index in [1.807, 2.05) is 24.3 Å². The number of ether oxygens (including phenoxy) is 2. The van der Waals surface area contributed by atoms with Crippen molar-refractivity contribution in [1.29, 1.82) is 0 Å². The van der Waals surface area contributed by atoms with E-state index in [1.54, 1.807) is 7.11 Å². The van der Waals surface area contributed by atoms with Gasteiger partial charge in [-0.1, -0.05) is 12.1 Å². The summed E-state index contributed by atoms with van der Waals surface area (Å²) in [5, 5.41) is 0. The second kappa shape index (κ2) is 6.30. The average molecular weight is 229 g/mol. The molecule has 1 rings (SSSR count). The Labute approximate surface area is 93.9 Å². The van der Waals surface area contributed by atoms with Gasteiger partial charge in [0.05, 0.1) is 19.4 Å². The maximum Gasteiger partial charge on any atom is 0.310 e. The molecule has 0 radical (unpaired) electrons. The predicted molar refractivity (Wildman–Crippen MR) is 58.4 cm³/mol. The number of hydrogen-bond donors (Lipinski definition) is 0. The molecule has 0 fully saturated rings. The van der Waals surface area contributed by atoms with Crippen LogP contribution in [-0.4, -0.2) is 25.6 Å². The summed E-state index contributed by atoms with van der Waals surface area (Å²) in [5.74, 6) is 0.836. The molecule has 82 valence electrons. The Bertz CT molecular complexity index is 308. The molecular weight excluding hydrogens is 216 g/mol. The van der Waals surface area contributed by atoms with Crippen molar-refractivity contribution >= 4 is 17.6 Å². The molecule has 0 aliphatic carbocycles. The van der Waals surface area contributed by atoms with E-state index in [1.165, 1.54) is 0 Å². The van der Waals surface area contributed by atoms with Crippen molar-refractivity contribution in [2.24, 2.45) is 0 Å². The molecule has 0 amide bonds. The largest absolute Gasteiger partial charge is 0.497 e. The summed E-state index contributed by atoms with van der Waals surface area (Å²) >= 11 is 5.39. The van der Waals surface area contributed by atoms with Crippen LogP contribution < -0.4 is 4.74 Å². The number of methoxy groups -OCH3 is 1. The van der Waals surface area contributed by atoms with Gasteiger partial charge in [-0.15, -0.1) is 11.6 Å². The highest BCUT2D eigenvalue weighted by atomic mass is 35.5. The van der Waals surface area contributed by atoms with Crippen LogP contribution in [0.15, 0.2) is 24.3 Å². The lowest BCUT2D eigenvalue weighted by atomic mass is 10.1. The number of hydrogen-bond acceptors (Lipinski definition) is 3. The lowest BCUT2D eigenvalue weighted by molar-refractivity contribution is -0.142. The van der Waals surface area contributed by atoms with Crippen LogP contribution in [0.3, 0.4) is 0 Å². The standard InChI is InChI=1S/C11H13ClO3/c1-14-10-4-2-9(3-5-10)8-11(13)15-7-6-12/h2-5H,6-8H2,1H3. The SMILES string of the molecule is COc1ccc(CC(=O)OCCCl)cc1. The van der Waals surface area contributed by atoms with Crippen molar-refractivity contribution < 1.29 is 14.3 Å². The van der Waals surface area contributed by atoms with E-state index in [2.05, 4.69) is 0 Å². The molecule has 0 saturated heterocycles. The molecule has 0 aromatic heterocycles. The maximum absolute atomic E-state index is 11.2. The van der Waals surface area contributed by atoms with Gasteiger partial charge in [0, 0.05) is 0 Å². The van der Waals surface area contributed by atoms with E-state index < -0.39 is 0 Å². The zero-order valence-electron chi connectivity index (χ0n) is 8.53. The van der Waals surface area contributed by atoms with Crippen molar-refractivity contribution in [3.05, 3.63) is 29.8 Å². The van der Waals surface area contributed by atoms with Gasteiger partial charge in [0.25, 0.3) is 0 Å². The van der Waals surface area contributed by atoms with Crippen molar-refractivity contribution in [1.82, 2.24) is 0 Å². The van der Waals surface area contributed by atoms with E-state index in [4.69, 9.17) is 21.1 Å². The molecule has 15 heavy (non-hydrogen) atoms. The highest BCUT2D eigenvalue weighted by Crippen LogP contribution is 2.11. The van der Waals surface area contributed by atoms with Crippen LogP contribution in [0, 0.1) is 0 Å². The third-order valence-corrected chi connectivity index (χ3v) is 2.00. The fraction of sp³-hybridized carbons (Fsp3) is 0.364. The van der Waals surface area contributed by atoms with Crippen molar-refractivity contribution in [3.8, 4) is 5.75 Å². The number of benzene rings is 1. The maximum atomic E-state index is 11.2. The van der Waals surface area contributed by atoms with Gasteiger partial charge in [0.1, 0.15) is 12.4 Å². The Morgan fingerprint density at radius 2 is 2.00 bits per heavy atom. The summed E-state index contributed by atoms with van der Waals surface area (Å²) < 4.78 is 9.85. The highest BCUT2D eigenvalue weighted by Gasteiger charge is 2.04. The van der Waals surface area contributed by atoms with Crippen molar-refractivity contribution in [3.63, 3.8) is 0 Å². The fourth-order valence-electron chi connectivity index (χ4n) is 1.11. The summed E-state index contributed by atoms with van der Waals surface area (Å²) in [6, 6.07) is 7.29. The van der Waals surface area contributed by atoms with E-state index in [9.17, 15) is 4.79 Å². The van der Waals surface area contributed by atoms with Gasteiger partial charge in [0.15, 0.2) is 0 Å². The van der Waals surface area contributed by atoms with E-state index in [0.29, 0.717) is 5.88 Å². The van der Waals surface area contributed by atoms with Gasteiger partial charge in [-0.25, -0.2) is 0 Å². The van der Waals surface area contributed by atoms with Gasteiger partial charge in [-0.2, -0.15) is 0 Å². The van der Waals surface area contributed by atoms with Gasteiger partial charge < -0.3 is 9.47 Å². The first-order chi connectivity index (χ1) is 7.26. The van der Waals surface area contributed by atoms with Gasteiger partial charge in [0.2, 0.25) is 0 Å². The molecule has 0 heterocycles. The summed E-state index contributed by atoms with van der Waals surface area (Å²) in [6.07, 6.45) is 0.265. The minimum Gasteiger partial charge on any atom is -0.497 e. The average Bonchev–Trinajstić information content (AvgIpc) is 2.27. The van der Waals surface area contributed by atoms with Crippen LogP contribution in [0.1, 0.15) is 5.56 Å². The summed E-state index contributed by atoms with van der Waals surface area (Å²) in [5.41, 5.74) is 0.898. The van der Waals surface area contributed by atoms with Crippen LogP contribution in [0.5, 0.6) is 5.75 Å². The van der Waals surface area contributed by atoms with E-state index in [-0.39, 0.29) is 19.0 Å². The topological polar surface area (TPSA) is 35.5 Å². The molecule has 4 heteroatoms. The Kier molecular flexibility index (Phi) is 4.98. The fourth-order valence-corrected chi connectivity index (χ4v) is 1.19. The lowest BCUT2D eigenvalue weighted by Gasteiger charge is -2.03. The molecule has 0 aliphatic heterocycles. The van der Waals surface area contributed by atoms with Crippen LogP contribution in [0.2, 0.25) is 0 Å². The molecule has 0 aliphatic rings. The zero-order valence-corrected chi connectivity index (χ0v) is 9.29. The van der Waals surface area contributed by atoms with Crippen LogP contribution >= 0.6 is 11.6 Å². The van der Waals surface area contributed by atoms with Gasteiger partial charge in [-0.3, -0.25) is 4.79 Å². The minimum absolute atomic E-state index is 0.260. The molecule has 0 saturated carbocycles. The zero-order chi connectivity index (χ0) is 11.1. The number of carbonyl (C=O) groups excluding carboxylic acids is 1. The quantitative estimate of drug-likeness (QED) is 0.571. The normalized spacial score (nSPS) is 9.73. The predicted octanol–water partition coefficient (Wildman–Crippen LogP) is 2.02. The first kappa shape index (κ1) is 11.9. The Balaban J connectivity index is 2.46. The second-order valence-corrected chi connectivity index (χ2v) is 3.31. The first-order valence-corrected chi connectivity index (χ1v) is 5.14. The van der Waals surface area contributed by atoms with Crippen LogP contribution in [-0.2, 0) is 16.0 Å². The molecule has 1 aromatic carbocycles. The van der Waals surface area contributed by atoms with Crippen LogP contribution in [0.25, 0.3) is 0 Å². The van der Waals surface area contributed by atoms with E-state index in [0.717, 1.165) is 11.3 Å². The van der Waals surface area contributed by atoms with Crippen molar-refractivity contribution in [2.75, 3.05) is 19.6 Å². The third kappa shape index (κ3) is 4.21. The highest BCUT2D eigenvalue weighted by molar-refractivity contribution is 6.18. The molecule has 1 aromatic rings. The van der Waals surface area contributed by atoms with Gasteiger partial charge >= 0.3 is 5.97 Å².